The maximum atomic E-state index is 11.8. The summed E-state index contributed by atoms with van der Waals surface area (Å²) in [7, 11) is 0. The number of allylic oxidation sites excluding steroid dienone is 1. The second-order valence-electron chi connectivity index (χ2n) is 7.23. The topological polar surface area (TPSA) is 38.8 Å². The van der Waals surface area contributed by atoms with Crippen molar-refractivity contribution in [3.63, 3.8) is 0 Å². The average Bonchev–Trinajstić information content (AvgIpc) is 3.04. The fourth-order valence-electron chi connectivity index (χ4n) is 3.92. The SMILES string of the molecule is O=C1C=CN2[C@H](C1)C[C@H](OCc1ccccc1)[C@@H]2COCc1ccccc1. The summed E-state index contributed by atoms with van der Waals surface area (Å²) in [6.45, 7) is 1.76. The first-order valence-electron chi connectivity index (χ1n) is 9.55. The highest BCUT2D eigenvalue weighted by molar-refractivity contribution is 5.90. The molecule has 140 valence electrons. The fraction of sp³-hybridized carbons (Fsp3) is 0.348. The van der Waals surface area contributed by atoms with Crippen molar-refractivity contribution in [1.82, 2.24) is 4.90 Å². The number of carbonyl (C=O) groups excluding carboxylic acids is 1. The van der Waals surface area contributed by atoms with E-state index in [1.54, 1.807) is 6.08 Å². The minimum absolute atomic E-state index is 0.0570. The monoisotopic (exact) mass is 363 g/mol. The zero-order valence-electron chi connectivity index (χ0n) is 15.4. The van der Waals surface area contributed by atoms with Crippen LogP contribution < -0.4 is 0 Å². The van der Waals surface area contributed by atoms with E-state index in [1.807, 2.05) is 42.6 Å². The summed E-state index contributed by atoms with van der Waals surface area (Å²) in [6.07, 6.45) is 5.10. The van der Waals surface area contributed by atoms with Gasteiger partial charge in [-0.15, -0.1) is 0 Å². The van der Waals surface area contributed by atoms with Gasteiger partial charge in [-0.3, -0.25) is 4.79 Å². The Bertz CT molecular complexity index is 775. The van der Waals surface area contributed by atoms with Crippen LogP contribution in [0.3, 0.4) is 0 Å². The van der Waals surface area contributed by atoms with Crippen LogP contribution in [0.4, 0.5) is 0 Å². The van der Waals surface area contributed by atoms with Gasteiger partial charge in [0.1, 0.15) is 0 Å². The quantitative estimate of drug-likeness (QED) is 0.752. The van der Waals surface area contributed by atoms with Gasteiger partial charge in [-0.05, 0) is 23.6 Å². The zero-order valence-corrected chi connectivity index (χ0v) is 15.4. The van der Waals surface area contributed by atoms with E-state index in [2.05, 4.69) is 29.2 Å². The number of rotatable bonds is 7. The summed E-state index contributed by atoms with van der Waals surface area (Å²) in [6, 6.07) is 20.8. The predicted octanol–water partition coefficient (Wildman–Crippen LogP) is 3.72. The smallest absolute Gasteiger partial charge is 0.159 e. The Morgan fingerprint density at radius 3 is 2.30 bits per heavy atom. The Morgan fingerprint density at radius 1 is 0.926 bits per heavy atom. The third-order valence-electron chi connectivity index (χ3n) is 5.31. The Morgan fingerprint density at radius 2 is 1.59 bits per heavy atom. The third-order valence-corrected chi connectivity index (χ3v) is 5.31. The summed E-state index contributed by atoms with van der Waals surface area (Å²) in [5.41, 5.74) is 2.33. The molecule has 0 N–H and O–H groups in total. The lowest BCUT2D eigenvalue weighted by molar-refractivity contribution is -0.116. The second-order valence-corrected chi connectivity index (χ2v) is 7.23. The van der Waals surface area contributed by atoms with Gasteiger partial charge < -0.3 is 14.4 Å². The maximum Gasteiger partial charge on any atom is 0.159 e. The van der Waals surface area contributed by atoms with Crippen molar-refractivity contribution < 1.29 is 14.3 Å². The molecular formula is C23H25NO3. The molecule has 4 heteroatoms. The second kappa shape index (κ2) is 8.51. The van der Waals surface area contributed by atoms with Crippen LogP contribution in [0, 0.1) is 0 Å². The number of hydrogen-bond acceptors (Lipinski definition) is 4. The maximum absolute atomic E-state index is 11.8. The van der Waals surface area contributed by atoms with Crippen LogP contribution in [-0.4, -0.2) is 35.5 Å². The number of carbonyl (C=O) groups is 1. The minimum atomic E-state index is 0.0570. The first kappa shape index (κ1) is 18.0. The molecule has 2 aliphatic rings. The molecule has 4 rings (SSSR count). The van der Waals surface area contributed by atoms with Gasteiger partial charge in [-0.2, -0.15) is 0 Å². The van der Waals surface area contributed by atoms with Gasteiger partial charge in [0, 0.05) is 18.7 Å². The van der Waals surface area contributed by atoms with E-state index in [0.717, 1.165) is 17.5 Å². The van der Waals surface area contributed by atoms with Crippen LogP contribution in [0.25, 0.3) is 0 Å². The van der Waals surface area contributed by atoms with Gasteiger partial charge >= 0.3 is 0 Å². The van der Waals surface area contributed by atoms with E-state index >= 15 is 0 Å². The number of hydrogen-bond donors (Lipinski definition) is 0. The molecule has 0 aromatic heterocycles. The molecule has 4 nitrogen and oxygen atoms in total. The highest BCUT2D eigenvalue weighted by Gasteiger charge is 2.42. The molecule has 2 aromatic carbocycles. The number of fused-ring (bicyclic) bond motifs is 1. The molecule has 2 aromatic rings. The first-order chi connectivity index (χ1) is 13.3. The standard InChI is InChI=1S/C23H25NO3/c25-21-11-12-24-20(13-21)14-23(27-16-19-9-5-2-6-10-19)22(24)17-26-15-18-7-3-1-4-8-18/h1-12,20,22-23H,13-17H2/t20-,22+,23+/m1/s1. The van der Waals surface area contributed by atoms with Gasteiger partial charge in [0.2, 0.25) is 0 Å². The third kappa shape index (κ3) is 4.46. The number of ketones is 1. The van der Waals surface area contributed by atoms with Crippen LogP contribution in [0.15, 0.2) is 72.9 Å². The zero-order chi connectivity index (χ0) is 18.5. The van der Waals surface area contributed by atoms with E-state index in [4.69, 9.17) is 9.47 Å². The van der Waals surface area contributed by atoms with Crippen molar-refractivity contribution in [3.05, 3.63) is 84.1 Å². The van der Waals surface area contributed by atoms with Crippen LogP contribution in [0.5, 0.6) is 0 Å². The molecule has 2 heterocycles. The molecule has 27 heavy (non-hydrogen) atoms. The molecule has 0 bridgehead atoms. The molecule has 2 aliphatic heterocycles. The molecule has 0 unspecified atom stereocenters. The van der Waals surface area contributed by atoms with Gasteiger partial charge in [-0.1, -0.05) is 60.7 Å². The van der Waals surface area contributed by atoms with Crippen LogP contribution in [-0.2, 0) is 27.5 Å². The van der Waals surface area contributed by atoms with E-state index in [0.29, 0.717) is 26.2 Å². The Kier molecular flexibility index (Phi) is 5.66. The van der Waals surface area contributed by atoms with Crippen molar-refractivity contribution in [2.45, 2.75) is 44.2 Å². The van der Waals surface area contributed by atoms with Crippen molar-refractivity contribution in [2.24, 2.45) is 0 Å². The molecular weight excluding hydrogens is 338 g/mol. The molecule has 1 fully saturated rings. The van der Waals surface area contributed by atoms with Crippen LogP contribution in [0.1, 0.15) is 24.0 Å². The summed E-state index contributed by atoms with van der Waals surface area (Å²) in [4.78, 5) is 14.1. The van der Waals surface area contributed by atoms with E-state index in [-0.39, 0.29) is 24.0 Å². The predicted molar refractivity (Wildman–Crippen MR) is 104 cm³/mol. The summed E-state index contributed by atoms with van der Waals surface area (Å²) < 4.78 is 12.3. The molecule has 3 atom stereocenters. The number of nitrogens with zero attached hydrogens (tertiary/aromatic N) is 1. The number of benzene rings is 2. The largest absolute Gasteiger partial charge is 0.375 e. The number of ether oxygens (including phenoxy) is 2. The molecule has 0 radical (unpaired) electrons. The Balaban J connectivity index is 1.40. The highest BCUT2D eigenvalue weighted by Crippen LogP contribution is 2.32. The molecule has 0 amide bonds. The molecule has 0 aliphatic carbocycles. The van der Waals surface area contributed by atoms with Crippen molar-refractivity contribution in [1.29, 1.82) is 0 Å². The molecule has 0 spiro atoms. The van der Waals surface area contributed by atoms with Gasteiger partial charge in [0.25, 0.3) is 0 Å². The van der Waals surface area contributed by atoms with E-state index < -0.39 is 0 Å². The van der Waals surface area contributed by atoms with Crippen molar-refractivity contribution in [3.8, 4) is 0 Å². The Hall–Kier alpha value is -2.43. The van der Waals surface area contributed by atoms with Crippen LogP contribution >= 0.6 is 0 Å². The fourth-order valence-corrected chi connectivity index (χ4v) is 3.92. The van der Waals surface area contributed by atoms with E-state index in [1.165, 1.54) is 0 Å². The van der Waals surface area contributed by atoms with Crippen molar-refractivity contribution >= 4 is 5.78 Å². The van der Waals surface area contributed by atoms with E-state index in [9.17, 15) is 4.79 Å². The lowest BCUT2D eigenvalue weighted by Crippen LogP contribution is -2.41. The molecule has 1 saturated heterocycles. The van der Waals surface area contributed by atoms with Crippen molar-refractivity contribution in [2.75, 3.05) is 6.61 Å². The van der Waals surface area contributed by atoms with Crippen LogP contribution in [0.2, 0.25) is 0 Å². The summed E-state index contributed by atoms with van der Waals surface area (Å²) >= 11 is 0. The average molecular weight is 363 g/mol. The highest BCUT2D eigenvalue weighted by atomic mass is 16.5. The normalized spacial score (nSPS) is 24.2. The Labute approximate surface area is 160 Å². The summed E-state index contributed by atoms with van der Waals surface area (Å²) in [5.74, 6) is 0.198. The lowest BCUT2D eigenvalue weighted by Gasteiger charge is -2.31. The van der Waals surface area contributed by atoms with Gasteiger partial charge in [0.05, 0.1) is 32.0 Å². The van der Waals surface area contributed by atoms with Gasteiger partial charge in [-0.25, -0.2) is 0 Å². The lowest BCUT2D eigenvalue weighted by atomic mass is 10.0. The summed E-state index contributed by atoms with van der Waals surface area (Å²) in [5, 5.41) is 0. The van der Waals surface area contributed by atoms with Gasteiger partial charge in [0.15, 0.2) is 5.78 Å². The first-order valence-corrected chi connectivity index (χ1v) is 9.55. The minimum Gasteiger partial charge on any atom is -0.375 e. The molecule has 0 saturated carbocycles.